The summed E-state index contributed by atoms with van der Waals surface area (Å²) in [5.41, 5.74) is -0.106. The number of nitrogens with zero attached hydrogens (tertiary/aromatic N) is 2. The Morgan fingerprint density at radius 2 is 2.02 bits per heavy atom. The van der Waals surface area contributed by atoms with Crippen LogP contribution in [0.1, 0.15) is 44.9 Å². The third-order valence-electron chi connectivity index (χ3n) is 8.33. The average Bonchev–Trinajstić information content (AvgIpc) is 3.28. The van der Waals surface area contributed by atoms with Gasteiger partial charge in [0.15, 0.2) is 0 Å². The Kier molecular flexibility index (Phi) is 7.85. The SMILES string of the molecule is O=C1N[C@]2(C(=O)O)C[C@H]2C=CCCCCC[C@H](Nc2cccc(F)c2)C(=O)N2C[C@H](Oc3nc4ccccc4s3)C[C@@H]12. The Hall–Kier alpha value is -3.99. The molecule has 2 aromatic carbocycles. The maximum atomic E-state index is 14.1. The number of halogens is 1. The zero-order valence-electron chi connectivity index (χ0n) is 23.0. The Balaban J connectivity index is 1.29. The molecule has 6 rings (SSSR count). The van der Waals surface area contributed by atoms with Crippen molar-refractivity contribution in [1.82, 2.24) is 15.2 Å². The molecule has 3 aliphatic rings. The lowest BCUT2D eigenvalue weighted by molar-refractivity contribution is -0.145. The van der Waals surface area contributed by atoms with Crippen molar-refractivity contribution >= 4 is 45.0 Å². The summed E-state index contributed by atoms with van der Waals surface area (Å²) in [4.78, 5) is 46.2. The van der Waals surface area contributed by atoms with Gasteiger partial charge in [-0.2, -0.15) is 0 Å². The van der Waals surface area contributed by atoms with E-state index < -0.39 is 41.4 Å². The molecule has 0 unspecified atom stereocenters. The summed E-state index contributed by atoms with van der Waals surface area (Å²) in [6.45, 7) is 0.136. The van der Waals surface area contributed by atoms with E-state index in [-0.39, 0.29) is 24.8 Å². The lowest BCUT2D eigenvalue weighted by Crippen LogP contribution is -2.55. The van der Waals surface area contributed by atoms with Crippen molar-refractivity contribution in [1.29, 1.82) is 0 Å². The molecule has 1 aliphatic carbocycles. The van der Waals surface area contributed by atoms with Gasteiger partial charge in [-0.05, 0) is 56.0 Å². The maximum absolute atomic E-state index is 14.1. The van der Waals surface area contributed by atoms with Gasteiger partial charge in [0.05, 0.1) is 16.8 Å². The number of thiazole rings is 1. The zero-order chi connectivity index (χ0) is 29.3. The van der Waals surface area contributed by atoms with Crippen molar-refractivity contribution in [2.45, 2.75) is 68.7 Å². The van der Waals surface area contributed by atoms with Crippen LogP contribution < -0.4 is 15.4 Å². The monoisotopic (exact) mass is 592 g/mol. The van der Waals surface area contributed by atoms with E-state index in [1.54, 1.807) is 12.1 Å². The molecule has 42 heavy (non-hydrogen) atoms. The van der Waals surface area contributed by atoms with E-state index in [1.165, 1.54) is 28.4 Å². The Labute approximate surface area is 246 Å². The molecule has 11 heteroatoms. The largest absolute Gasteiger partial charge is 0.479 e. The molecule has 3 N–H and O–H groups in total. The second kappa shape index (κ2) is 11.7. The normalized spacial score (nSPS) is 28.3. The number of carbonyl (C=O) groups excluding carboxylic acids is 2. The molecule has 1 saturated heterocycles. The second-order valence-corrected chi connectivity index (χ2v) is 12.3. The molecule has 2 amide bonds. The number of anilines is 1. The Morgan fingerprint density at radius 1 is 1.17 bits per heavy atom. The van der Waals surface area contributed by atoms with E-state index in [0.717, 1.165) is 35.9 Å². The van der Waals surface area contributed by atoms with Crippen LogP contribution in [0.2, 0.25) is 0 Å². The number of amides is 2. The minimum Gasteiger partial charge on any atom is -0.479 e. The molecular weight excluding hydrogens is 559 g/mol. The fraction of sp³-hybridized carbons (Fsp3) is 0.419. The summed E-state index contributed by atoms with van der Waals surface area (Å²) in [5, 5.41) is 16.5. The predicted octanol–water partition coefficient (Wildman–Crippen LogP) is 4.74. The van der Waals surface area contributed by atoms with E-state index in [1.807, 2.05) is 36.4 Å². The predicted molar refractivity (Wildman–Crippen MR) is 157 cm³/mol. The first-order valence-electron chi connectivity index (χ1n) is 14.4. The topological polar surface area (TPSA) is 121 Å². The highest BCUT2D eigenvalue weighted by Crippen LogP contribution is 2.45. The number of carboxylic acid groups (broad SMARTS) is 1. The minimum absolute atomic E-state index is 0.136. The van der Waals surface area contributed by atoms with E-state index in [2.05, 4.69) is 15.6 Å². The van der Waals surface area contributed by atoms with Crippen LogP contribution in [0.5, 0.6) is 5.19 Å². The highest BCUT2D eigenvalue weighted by molar-refractivity contribution is 7.20. The molecule has 0 spiro atoms. The van der Waals surface area contributed by atoms with Gasteiger partial charge in [0, 0.05) is 18.0 Å². The number of carboxylic acids is 1. The molecule has 220 valence electrons. The molecule has 1 aromatic heterocycles. The number of ether oxygens (including phenoxy) is 1. The number of hydrogen-bond donors (Lipinski definition) is 3. The summed E-state index contributed by atoms with van der Waals surface area (Å²) in [6, 6.07) is 12.0. The Morgan fingerprint density at radius 3 is 2.83 bits per heavy atom. The highest BCUT2D eigenvalue weighted by Gasteiger charge is 2.61. The minimum atomic E-state index is -1.38. The van der Waals surface area contributed by atoms with Crippen molar-refractivity contribution in [3.63, 3.8) is 0 Å². The lowest BCUT2D eigenvalue weighted by atomic mass is 10.0. The van der Waals surface area contributed by atoms with Gasteiger partial charge in [-0.25, -0.2) is 14.2 Å². The summed E-state index contributed by atoms with van der Waals surface area (Å²) in [5.74, 6) is -2.63. The number of para-hydroxylation sites is 1. The highest BCUT2D eigenvalue weighted by atomic mass is 32.1. The molecule has 3 heterocycles. The summed E-state index contributed by atoms with van der Waals surface area (Å²) in [6.07, 6.45) is 7.65. The van der Waals surface area contributed by atoms with Gasteiger partial charge in [-0.3, -0.25) is 9.59 Å². The van der Waals surface area contributed by atoms with Crippen molar-refractivity contribution in [2.24, 2.45) is 5.92 Å². The summed E-state index contributed by atoms with van der Waals surface area (Å²) < 4.78 is 21.2. The number of aliphatic carboxylic acids is 1. The second-order valence-electron chi connectivity index (χ2n) is 11.3. The van der Waals surface area contributed by atoms with Crippen LogP contribution in [0.25, 0.3) is 10.2 Å². The number of nitrogens with one attached hydrogen (secondary N) is 2. The first-order chi connectivity index (χ1) is 20.3. The van der Waals surface area contributed by atoms with E-state index in [4.69, 9.17) is 4.74 Å². The standard InChI is InChI=1S/C31H33FN4O5S/c32-20-10-8-11-21(15-20)33-24-13-5-3-1-2-4-9-19-17-31(19,29(39)40)35-27(37)25-16-22(18-36(25)28(24)38)41-30-34-23-12-6-7-14-26(23)42-30/h4,6-12,14-15,19,22,24-25,33H,1-3,5,13,16-18H2,(H,35,37)(H,39,40)/t19-,22-,24+,25+,31-/m1/s1. The summed E-state index contributed by atoms with van der Waals surface area (Å²) >= 11 is 1.39. The molecule has 5 atom stereocenters. The van der Waals surface area contributed by atoms with Crippen LogP contribution in [0.15, 0.2) is 60.7 Å². The fourth-order valence-corrected chi connectivity index (χ4v) is 6.85. The summed E-state index contributed by atoms with van der Waals surface area (Å²) in [7, 11) is 0. The third-order valence-corrected chi connectivity index (χ3v) is 9.26. The van der Waals surface area contributed by atoms with Gasteiger partial charge in [-0.1, -0.05) is 54.5 Å². The number of hydrogen-bond acceptors (Lipinski definition) is 7. The zero-order valence-corrected chi connectivity index (χ0v) is 23.8. The molecule has 2 aliphatic heterocycles. The lowest BCUT2D eigenvalue weighted by Gasteiger charge is -2.30. The maximum Gasteiger partial charge on any atom is 0.330 e. The van der Waals surface area contributed by atoms with Crippen LogP contribution in [-0.2, 0) is 14.4 Å². The molecule has 2 fully saturated rings. The third kappa shape index (κ3) is 5.83. The van der Waals surface area contributed by atoms with Gasteiger partial charge in [-0.15, -0.1) is 0 Å². The van der Waals surface area contributed by atoms with Crippen LogP contribution in [0, 0.1) is 11.7 Å². The fourth-order valence-electron chi connectivity index (χ4n) is 5.97. The van der Waals surface area contributed by atoms with Gasteiger partial charge < -0.3 is 25.4 Å². The molecule has 3 aromatic rings. The van der Waals surface area contributed by atoms with E-state index in [9.17, 15) is 23.9 Å². The van der Waals surface area contributed by atoms with Gasteiger partial charge in [0.1, 0.15) is 29.5 Å². The number of aromatic nitrogens is 1. The van der Waals surface area contributed by atoms with Crippen LogP contribution in [-0.4, -0.2) is 63.0 Å². The van der Waals surface area contributed by atoms with Crippen LogP contribution in [0.4, 0.5) is 10.1 Å². The molecule has 1 saturated carbocycles. The van der Waals surface area contributed by atoms with E-state index in [0.29, 0.717) is 23.7 Å². The quantitative estimate of drug-likeness (QED) is 0.366. The van der Waals surface area contributed by atoms with Crippen LogP contribution in [0.3, 0.4) is 0 Å². The number of rotatable bonds is 5. The molecule has 9 nitrogen and oxygen atoms in total. The molecule has 0 radical (unpaired) electrons. The van der Waals surface area contributed by atoms with Crippen molar-refractivity contribution < 1.29 is 28.6 Å². The van der Waals surface area contributed by atoms with Crippen molar-refractivity contribution in [3.8, 4) is 5.19 Å². The molecular formula is C31H33FN4O5S. The van der Waals surface area contributed by atoms with Gasteiger partial charge in [0.25, 0.3) is 5.19 Å². The van der Waals surface area contributed by atoms with Crippen molar-refractivity contribution in [2.75, 3.05) is 11.9 Å². The van der Waals surface area contributed by atoms with E-state index >= 15 is 0 Å². The number of benzene rings is 2. The first-order valence-corrected chi connectivity index (χ1v) is 15.2. The number of allylic oxidation sites excluding steroid dienone is 1. The van der Waals surface area contributed by atoms with Crippen LogP contribution >= 0.6 is 11.3 Å². The van der Waals surface area contributed by atoms with Gasteiger partial charge in [0.2, 0.25) is 11.8 Å². The number of fused-ring (bicyclic) bond motifs is 3. The number of carbonyl (C=O) groups is 3. The first kappa shape index (κ1) is 28.1. The Bertz CT molecular complexity index is 1490. The average molecular weight is 593 g/mol. The smallest absolute Gasteiger partial charge is 0.330 e. The van der Waals surface area contributed by atoms with Crippen molar-refractivity contribution in [3.05, 3.63) is 66.5 Å². The molecule has 0 bridgehead atoms. The van der Waals surface area contributed by atoms with Gasteiger partial charge >= 0.3 is 5.97 Å².